The Morgan fingerprint density at radius 1 is 1.20 bits per heavy atom. The summed E-state index contributed by atoms with van der Waals surface area (Å²) in [5, 5.41) is 4.02. The monoisotopic (exact) mass is 337 g/mol. The number of benzene rings is 1. The van der Waals surface area contributed by atoms with Crippen LogP contribution >= 0.6 is 0 Å². The van der Waals surface area contributed by atoms with Gasteiger partial charge < -0.3 is 13.8 Å². The normalized spacial score (nSPS) is 17.6. The summed E-state index contributed by atoms with van der Waals surface area (Å²) in [6, 6.07) is 13.1. The Bertz CT molecular complexity index is 869. The third-order valence-electron chi connectivity index (χ3n) is 4.48. The minimum atomic E-state index is 0.0479. The molecule has 1 aliphatic heterocycles. The van der Waals surface area contributed by atoms with Gasteiger partial charge in [0, 0.05) is 18.7 Å². The van der Waals surface area contributed by atoms with E-state index in [1.54, 1.807) is 0 Å². The van der Waals surface area contributed by atoms with Gasteiger partial charge in [-0.25, -0.2) is 0 Å². The molecule has 4 rings (SSSR count). The summed E-state index contributed by atoms with van der Waals surface area (Å²) >= 11 is 0. The van der Waals surface area contributed by atoms with Crippen LogP contribution in [0.4, 0.5) is 0 Å². The summed E-state index contributed by atoms with van der Waals surface area (Å²) < 4.78 is 11.0. The van der Waals surface area contributed by atoms with Crippen LogP contribution in [0.5, 0.6) is 0 Å². The molecule has 1 amide bonds. The van der Waals surface area contributed by atoms with Gasteiger partial charge in [0.1, 0.15) is 5.76 Å². The number of amides is 1. The number of rotatable bonds is 3. The number of nitrogens with zero attached hydrogens (tertiary/aromatic N) is 3. The van der Waals surface area contributed by atoms with Crippen molar-refractivity contribution >= 4 is 5.91 Å². The molecule has 1 atom stereocenters. The molecule has 0 radical (unpaired) electrons. The lowest BCUT2D eigenvalue weighted by Gasteiger charge is -2.31. The van der Waals surface area contributed by atoms with E-state index in [9.17, 15) is 4.79 Å². The maximum atomic E-state index is 12.7. The molecule has 0 N–H and O–H groups in total. The first-order valence-electron chi connectivity index (χ1n) is 8.45. The Balaban J connectivity index is 1.50. The zero-order valence-corrected chi connectivity index (χ0v) is 14.0. The van der Waals surface area contributed by atoms with Crippen molar-refractivity contribution in [1.29, 1.82) is 0 Å². The predicted molar refractivity (Wildman–Crippen MR) is 91.1 cm³/mol. The summed E-state index contributed by atoms with van der Waals surface area (Å²) in [6.07, 6.45) is 1.85. The number of aromatic nitrogens is 2. The van der Waals surface area contributed by atoms with E-state index in [4.69, 9.17) is 8.94 Å². The second-order valence-electron chi connectivity index (χ2n) is 6.32. The summed E-state index contributed by atoms with van der Waals surface area (Å²) in [5.41, 5.74) is 0.709. The highest BCUT2D eigenvalue weighted by atomic mass is 16.5. The number of likely N-dealkylation sites (tertiary alicyclic amines) is 1. The first kappa shape index (κ1) is 15.6. The number of furan rings is 1. The second kappa shape index (κ2) is 6.55. The maximum absolute atomic E-state index is 12.7. The molecule has 128 valence electrons. The minimum absolute atomic E-state index is 0.0479. The molecule has 1 fully saturated rings. The molecular formula is C19H19N3O3. The van der Waals surface area contributed by atoms with Gasteiger partial charge in [-0.1, -0.05) is 23.4 Å². The fourth-order valence-corrected chi connectivity index (χ4v) is 3.18. The summed E-state index contributed by atoms with van der Waals surface area (Å²) in [4.78, 5) is 19.0. The highest BCUT2D eigenvalue weighted by Crippen LogP contribution is 2.28. The Kier molecular flexibility index (Phi) is 4.09. The quantitative estimate of drug-likeness (QED) is 0.729. The molecule has 0 spiro atoms. The topological polar surface area (TPSA) is 72.4 Å². The van der Waals surface area contributed by atoms with Crippen LogP contribution in [0.15, 0.2) is 51.4 Å². The molecule has 3 aromatic rings. The average molecular weight is 337 g/mol. The number of hydrogen-bond acceptors (Lipinski definition) is 5. The van der Waals surface area contributed by atoms with Crippen LogP contribution in [0.3, 0.4) is 0 Å². The predicted octanol–water partition coefficient (Wildman–Crippen LogP) is 3.66. The Hall–Kier alpha value is -2.89. The van der Waals surface area contributed by atoms with Crippen molar-refractivity contribution < 1.29 is 13.7 Å². The van der Waals surface area contributed by atoms with Crippen molar-refractivity contribution in [2.45, 2.75) is 25.7 Å². The molecule has 2 aromatic heterocycles. The molecule has 25 heavy (non-hydrogen) atoms. The van der Waals surface area contributed by atoms with Crippen LogP contribution in [0.2, 0.25) is 0 Å². The van der Waals surface area contributed by atoms with E-state index in [0.29, 0.717) is 29.6 Å². The zero-order chi connectivity index (χ0) is 17.2. The van der Waals surface area contributed by atoms with Crippen molar-refractivity contribution in [2.75, 3.05) is 13.1 Å². The van der Waals surface area contributed by atoms with E-state index < -0.39 is 0 Å². The van der Waals surface area contributed by atoms with Crippen LogP contribution in [-0.4, -0.2) is 34.0 Å². The lowest BCUT2D eigenvalue weighted by molar-refractivity contribution is 0.0695. The van der Waals surface area contributed by atoms with Gasteiger partial charge in [0.2, 0.25) is 11.7 Å². The highest BCUT2D eigenvalue weighted by Gasteiger charge is 2.29. The van der Waals surface area contributed by atoms with Crippen LogP contribution in [-0.2, 0) is 0 Å². The lowest BCUT2D eigenvalue weighted by atomic mass is 9.97. The SMILES string of the molecule is Cc1ccc(-c2noc([C@@H]3CCCN(C(=O)c4ccccc4)C3)n2)o1. The smallest absolute Gasteiger partial charge is 0.253 e. The van der Waals surface area contributed by atoms with Gasteiger partial charge in [0.25, 0.3) is 5.91 Å². The third-order valence-corrected chi connectivity index (χ3v) is 4.48. The fraction of sp³-hybridized carbons (Fsp3) is 0.316. The third kappa shape index (κ3) is 3.20. The molecule has 0 unspecified atom stereocenters. The number of hydrogen-bond donors (Lipinski definition) is 0. The van der Waals surface area contributed by atoms with E-state index in [0.717, 1.165) is 25.1 Å². The minimum Gasteiger partial charge on any atom is -0.458 e. The van der Waals surface area contributed by atoms with Crippen molar-refractivity contribution in [2.24, 2.45) is 0 Å². The molecule has 6 nitrogen and oxygen atoms in total. The van der Waals surface area contributed by atoms with E-state index in [2.05, 4.69) is 10.1 Å². The maximum Gasteiger partial charge on any atom is 0.253 e. The fourth-order valence-electron chi connectivity index (χ4n) is 3.18. The van der Waals surface area contributed by atoms with Crippen molar-refractivity contribution in [3.8, 4) is 11.6 Å². The van der Waals surface area contributed by atoms with Gasteiger partial charge >= 0.3 is 0 Å². The molecule has 3 heterocycles. The summed E-state index contributed by atoms with van der Waals surface area (Å²) in [5.74, 6) is 2.52. The summed E-state index contributed by atoms with van der Waals surface area (Å²) in [7, 11) is 0. The van der Waals surface area contributed by atoms with Gasteiger partial charge in [-0.15, -0.1) is 0 Å². The van der Waals surface area contributed by atoms with Crippen molar-refractivity contribution in [3.63, 3.8) is 0 Å². The Morgan fingerprint density at radius 2 is 2.04 bits per heavy atom. The number of piperidine rings is 1. The van der Waals surface area contributed by atoms with E-state index in [1.165, 1.54) is 0 Å². The average Bonchev–Trinajstić information content (AvgIpc) is 3.31. The van der Waals surface area contributed by atoms with Gasteiger partial charge in [-0.05, 0) is 44.0 Å². The molecule has 1 aromatic carbocycles. The molecule has 1 saturated heterocycles. The molecule has 1 aliphatic rings. The van der Waals surface area contributed by atoms with Crippen LogP contribution in [0, 0.1) is 6.92 Å². The number of carbonyl (C=O) groups excluding carboxylic acids is 1. The Labute approximate surface area is 145 Å². The van der Waals surface area contributed by atoms with Crippen LogP contribution in [0.25, 0.3) is 11.6 Å². The van der Waals surface area contributed by atoms with Crippen LogP contribution in [0.1, 0.15) is 40.8 Å². The van der Waals surface area contributed by atoms with E-state index >= 15 is 0 Å². The number of aryl methyl sites for hydroxylation is 1. The summed E-state index contributed by atoms with van der Waals surface area (Å²) in [6.45, 7) is 3.22. The van der Waals surface area contributed by atoms with Gasteiger partial charge in [0.05, 0.1) is 5.92 Å². The van der Waals surface area contributed by atoms with Gasteiger partial charge in [-0.3, -0.25) is 4.79 Å². The largest absolute Gasteiger partial charge is 0.458 e. The number of carbonyl (C=O) groups is 1. The van der Waals surface area contributed by atoms with Gasteiger partial charge in [-0.2, -0.15) is 4.98 Å². The second-order valence-corrected chi connectivity index (χ2v) is 6.32. The first-order valence-corrected chi connectivity index (χ1v) is 8.45. The molecule has 0 saturated carbocycles. The first-order chi connectivity index (χ1) is 12.2. The zero-order valence-electron chi connectivity index (χ0n) is 14.0. The van der Waals surface area contributed by atoms with Crippen molar-refractivity contribution in [1.82, 2.24) is 15.0 Å². The Morgan fingerprint density at radius 3 is 2.80 bits per heavy atom. The van der Waals surface area contributed by atoms with Crippen LogP contribution < -0.4 is 0 Å². The molecule has 0 aliphatic carbocycles. The molecule has 0 bridgehead atoms. The standard InChI is InChI=1S/C19H19N3O3/c1-13-9-10-16(24-13)17-20-18(25-21-17)15-8-5-11-22(12-15)19(23)14-6-3-2-4-7-14/h2-4,6-7,9-10,15H,5,8,11-12H2,1H3/t15-/m1/s1. The highest BCUT2D eigenvalue weighted by molar-refractivity contribution is 5.94. The molecular weight excluding hydrogens is 318 g/mol. The lowest BCUT2D eigenvalue weighted by Crippen LogP contribution is -2.39. The van der Waals surface area contributed by atoms with Gasteiger partial charge in [0.15, 0.2) is 5.76 Å². The van der Waals surface area contributed by atoms with E-state index in [-0.39, 0.29) is 11.8 Å². The molecule has 6 heteroatoms. The van der Waals surface area contributed by atoms with Crippen molar-refractivity contribution in [3.05, 3.63) is 59.7 Å². The van der Waals surface area contributed by atoms with E-state index in [1.807, 2.05) is 54.3 Å².